The number of rotatable bonds is 3. The third-order valence-electron chi connectivity index (χ3n) is 4.12. The third kappa shape index (κ3) is 2.43. The molecule has 1 aromatic rings. The Labute approximate surface area is 108 Å². The summed E-state index contributed by atoms with van der Waals surface area (Å²) in [6.45, 7) is 5.94. The highest BCUT2D eigenvalue weighted by Gasteiger charge is 2.22. The monoisotopic (exact) mass is 250 g/mol. The zero-order chi connectivity index (χ0) is 13.3. The minimum absolute atomic E-state index is 0.436. The molecule has 0 bridgehead atoms. The molecule has 2 rings (SSSR count). The van der Waals surface area contributed by atoms with Gasteiger partial charge >= 0.3 is 5.97 Å². The first-order valence-electron chi connectivity index (χ1n) is 6.61. The zero-order valence-corrected chi connectivity index (χ0v) is 11.4. The van der Waals surface area contributed by atoms with Crippen molar-refractivity contribution in [2.24, 2.45) is 0 Å². The van der Waals surface area contributed by atoms with Crippen LogP contribution < -0.4 is 0 Å². The van der Waals surface area contributed by atoms with Crippen LogP contribution in [-0.2, 0) is 6.54 Å². The Morgan fingerprint density at radius 1 is 1.44 bits per heavy atom. The van der Waals surface area contributed by atoms with Gasteiger partial charge in [-0.2, -0.15) is 0 Å². The Morgan fingerprint density at radius 2 is 2.17 bits per heavy atom. The molecule has 2 heterocycles. The van der Waals surface area contributed by atoms with E-state index in [9.17, 15) is 4.79 Å². The number of likely N-dealkylation sites (tertiary alicyclic amines) is 1. The van der Waals surface area contributed by atoms with Crippen LogP contribution in [0.15, 0.2) is 6.07 Å². The number of hydrogen-bond donors (Lipinski definition) is 1. The van der Waals surface area contributed by atoms with Crippen LogP contribution in [0.1, 0.15) is 41.0 Å². The van der Waals surface area contributed by atoms with Crippen LogP contribution in [0.4, 0.5) is 0 Å². The Morgan fingerprint density at radius 3 is 2.72 bits per heavy atom. The normalized spacial score (nSPS) is 21.2. The van der Waals surface area contributed by atoms with Gasteiger partial charge in [0.05, 0.1) is 5.56 Å². The predicted octanol–water partition coefficient (Wildman–Crippen LogP) is 2.29. The van der Waals surface area contributed by atoms with Gasteiger partial charge in [-0.3, -0.25) is 0 Å². The van der Waals surface area contributed by atoms with Crippen LogP contribution in [0.25, 0.3) is 0 Å². The number of aromatic nitrogens is 1. The maximum absolute atomic E-state index is 11.1. The van der Waals surface area contributed by atoms with Gasteiger partial charge in [-0.25, -0.2) is 4.79 Å². The molecule has 0 saturated carbocycles. The topological polar surface area (TPSA) is 45.5 Å². The van der Waals surface area contributed by atoms with Crippen molar-refractivity contribution >= 4 is 5.97 Å². The minimum atomic E-state index is -0.827. The lowest BCUT2D eigenvalue weighted by molar-refractivity contribution is 0.0695. The van der Waals surface area contributed by atoms with Crippen molar-refractivity contribution in [3.63, 3.8) is 0 Å². The fourth-order valence-electron chi connectivity index (χ4n) is 2.88. The zero-order valence-electron chi connectivity index (χ0n) is 11.4. The van der Waals surface area contributed by atoms with E-state index in [1.54, 1.807) is 6.07 Å². The molecule has 4 nitrogen and oxygen atoms in total. The highest BCUT2D eigenvalue weighted by molar-refractivity contribution is 5.89. The summed E-state index contributed by atoms with van der Waals surface area (Å²) < 4.78 is 2.15. The van der Waals surface area contributed by atoms with Gasteiger partial charge in [0, 0.05) is 24.0 Å². The Kier molecular flexibility index (Phi) is 3.76. The molecule has 1 atom stereocenters. The molecule has 18 heavy (non-hydrogen) atoms. The first-order valence-corrected chi connectivity index (χ1v) is 6.61. The van der Waals surface area contributed by atoms with Gasteiger partial charge in [0.2, 0.25) is 0 Å². The van der Waals surface area contributed by atoms with Crippen molar-refractivity contribution in [2.75, 3.05) is 13.6 Å². The highest BCUT2D eigenvalue weighted by atomic mass is 16.4. The second-order valence-corrected chi connectivity index (χ2v) is 5.33. The van der Waals surface area contributed by atoms with Crippen LogP contribution in [0.2, 0.25) is 0 Å². The first kappa shape index (κ1) is 13.1. The number of carbonyl (C=O) groups is 1. The summed E-state index contributed by atoms with van der Waals surface area (Å²) >= 11 is 0. The summed E-state index contributed by atoms with van der Waals surface area (Å²) in [6, 6.07) is 2.31. The van der Waals surface area contributed by atoms with Gasteiger partial charge in [0.25, 0.3) is 0 Å². The molecule has 1 unspecified atom stereocenters. The Bertz CT molecular complexity index is 451. The van der Waals surface area contributed by atoms with E-state index < -0.39 is 5.97 Å². The lowest BCUT2D eigenvalue weighted by atomic mass is 10.0. The summed E-state index contributed by atoms with van der Waals surface area (Å²) in [4.78, 5) is 13.5. The third-order valence-corrected chi connectivity index (χ3v) is 4.12. The van der Waals surface area contributed by atoms with Crippen molar-refractivity contribution in [1.29, 1.82) is 0 Å². The number of hydrogen-bond acceptors (Lipinski definition) is 2. The smallest absolute Gasteiger partial charge is 0.337 e. The second-order valence-electron chi connectivity index (χ2n) is 5.33. The fraction of sp³-hybridized carbons (Fsp3) is 0.643. The fourth-order valence-corrected chi connectivity index (χ4v) is 2.88. The molecule has 4 heteroatoms. The minimum Gasteiger partial charge on any atom is -0.478 e. The molecule has 1 aliphatic heterocycles. The molecule has 100 valence electrons. The lowest BCUT2D eigenvalue weighted by Gasteiger charge is -2.33. The molecule has 1 saturated heterocycles. The number of piperidine rings is 1. The van der Waals surface area contributed by atoms with Crippen molar-refractivity contribution in [2.45, 2.75) is 45.7 Å². The van der Waals surface area contributed by atoms with E-state index in [-0.39, 0.29) is 0 Å². The molecule has 1 aromatic heterocycles. The number of carboxylic acids is 1. The van der Waals surface area contributed by atoms with Crippen molar-refractivity contribution in [3.05, 3.63) is 23.0 Å². The summed E-state index contributed by atoms with van der Waals surface area (Å²) in [5.41, 5.74) is 2.36. The van der Waals surface area contributed by atoms with E-state index in [2.05, 4.69) is 16.5 Å². The molecule has 0 spiro atoms. The van der Waals surface area contributed by atoms with Gasteiger partial charge in [-0.05, 0) is 46.3 Å². The maximum atomic E-state index is 11.1. The van der Waals surface area contributed by atoms with Crippen LogP contribution in [0.3, 0.4) is 0 Å². The van der Waals surface area contributed by atoms with Crippen molar-refractivity contribution < 1.29 is 9.90 Å². The molecule has 0 aliphatic carbocycles. The summed E-state index contributed by atoms with van der Waals surface area (Å²) in [5.74, 6) is -0.827. The molecule has 0 aromatic carbocycles. The Hall–Kier alpha value is -1.29. The molecule has 0 amide bonds. The first-order chi connectivity index (χ1) is 8.50. The van der Waals surface area contributed by atoms with Crippen LogP contribution >= 0.6 is 0 Å². The number of carboxylic acid groups (broad SMARTS) is 1. The standard InChI is InChI=1S/C14H22N2O2/c1-10-8-13(14(17)18)11(2)16(10)9-12-6-4-5-7-15(12)3/h8,12H,4-7,9H2,1-3H3,(H,17,18). The van der Waals surface area contributed by atoms with Crippen molar-refractivity contribution in [3.8, 4) is 0 Å². The molecule has 1 fully saturated rings. The number of likely N-dealkylation sites (N-methyl/N-ethyl adjacent to an activating group) is 1. The van der Waals surface area contributed by atoms with E-state index >= 15 is 0 Å². The Balaban J connectivity index is 2.20. The van der Waals surface area contributed by atoms with Gasteiger partial charge in [0.15, 0.2) is 0 Å². The van der Waals surface area contributed by atoms with E-state index in [0.29, 0.717) is 11.6 Å². The quantitative estimate of drug-likeness (QED) is 0.895. The molecule has 1 aliphatic rings. The largest absolute Gasteiger partial charge is 0.478 e. The van der Waals surface area contributed by atoms with Gasteiger partial charge < -0.3 is 14.6 Å². The van der Waals surface area contributed by atoms with E-state index in [0.717, 1.165) is 24.5 Å². The van der Waals surface area contributed by atoms with Gasteiger partial charge in [-0.1, -0.05) is 6.42 Å². The molecular weight excluding hydrogens is 228 g/mol. The average molecular weight is 250 g/mol. The molecule has 0 radical (unpaired) electrons. The SMILES string of the molecule is Cc1cc(C(=O)O)c(C)n1CC1CCCCN1C. The molecular formula is C14H22N2O2. The van der Waals surface area contributed by atoms with Gasteiger partial charge in [-0.15, -0.1) is 0 Å². The highest BCUT2D eigenvalue weighted by Crippen LogP contribution is 2.21. The van der Waals surface area contributed by atoms with Crippen LogP contribution in [-0.4, -0.2) is 40.2 Å². The maximum Gasteiger partial charge on any atom is 0.337 e. The molecule has 1 N–H and O–H groups in total. The van der Waals surface area contributed by atoms with Crippen LogP contribution in [0, 0.1) is 13.8 Å². The second kappa shape index (κ2) is 5.14. The lowest BCUT2D eigenvalue weighted by Crippen LogP contribution is -2.39. The van der Waals surface area contributed by atoms with Crippen LogP contribution in [0.5, 0.6) is 0 Å². The summed E-state index contributed by atoms with van der Waals surface area (Å²) in [6.07, 6.45) is 3.76. The predicted molar refractivity (Wildman–Crippen MR) is 71.1 cm³/mol. The van der Waals surface area contributed by atoms with Gasteiger partial charge in [0.1, 0.15) is 0 Å². The summed E-state index contributed by atoms with van der Waals surface area (Å²) in [7, 11) is 2.16. The van der Waals surface area contributed by atoms with Crippen molar-refractivity contribution in [1.82, 2.24) is 9.47 Å². The number of aromatic carboxylic acids is 1. The number of nitrogens with zero attached hydrogens (tertiary/aromatic N) is 2. The summed E-state index contributed by atoms with van der Waals surface area (Å²) in [5, 5.41) is 9.14. The average Bonchev–Trinajstić information content (AvgIpc) is 2.60. The van der Waals surface area contributed by atoms with E-state index in [1.807, 2.05) is 13.8 Å². The van der Waals surface area contributed by atoms with E-state index in [4.69, 9.17) is 5.11 Å². The number of aryl methyl sites for hydroxylation is 1. The van der Waals surface area contributed by atoms with E-state index in [1.165, 1.54) is 19.3 Å².